The van der Waals surface area contributed by atoms with Crippen LogP contribution >= 0.6 is 15.9 Å². The number of benzene rings is 2. The number of aromatic nitrogens is 1. The molecule has 0 radical (unpaired) electrons. The van der Waals surface area contributed by atoms with Crippen LogP contribution in [0.15, 0.2) is 45.5 Å². The number of ether oxygens (including phenoxy) is 1. The van der Waals surface area contributed by atoms with Gasteiger partial charge in [0, 0.05) is 5.56 Å². The molecule has 1 amide bonds. The second-order valence-corrected chi connectivity index (χ2v) is 8.16. The number of alkyl halides is 3. The van der Waals surface area contributed by atoms with Gasteiger partial charge in [-0.15, -0.1) is 0 Å². The van der Waals surface area contributed by atoms with E-state index in [4.69, 9.17) is 14.9 Å². The van der Waals surface area contributed by atoms with Crippen LogP contribution in [0.2, 0.25) is 0 Å². The number of hydrogen-bond donors (Lipinski definition) is 3. The van der Waals surface area contributed by atoms with Gasteiger partial charge in [-0.05, 0) is 54.2 Å². The van der Waals surface area contributed by atoms with Crippen molar-refractivity contribution in [2.45, 2.75) is 24.7 Å². The van der Waals surface area contributed by atoms with E-state index in [2.05, 4.69) is 26.2 Å². The number of likely N-dealkylation sites (N-methyl/N-ethyl adjacent to an activating group) is 1. The van der Waals surface area contributed by atoms with Crippen LogP contribution < -0.4 is 15.8 Å². The summed E-state index contributed by atoms with van der Waals surface area (Å²) in [5, 5.41) is 12.6. The molecule has 0 aliphatic rings. The first-order chi connectivity index (χ1) is 16.7. The molecule has 2 atom stereocenters. The summed E-state index contributed by atoms with van der Waals surface area (Å²) < 4.78 is 78.0. The highest BCUT2D eigenvalue weighted by molar-refractivity contribution is 9.10. The molecule has 192 valence electrons. The third-order valence-corrected chi connectivity index (χ3v) is 5.89. The minimum atomic E-state index is -4.56. The minimum absolute atomic E-state index is 0.0178. The van der Waals surface area contributed by atoms with Gasteiger partial charge in [0.25, 0.3) is 5.91 Å². The third-order valence-electron chi connectivity index (χ3n) is 5.36. The predicted molar refractivity (Wildman–Crippen MR) is 118 cm³/mol. The number of nitrogens with one attached hydrogen (secondary N) is 1. The highest BCUT2D eigenvalue weighted by Gasteiger charge is 2.51. The van der Waals surface area contributed by atoms with E-state index in [1.54, 1.807) is 0 Å². The Balaban J connectivity index is 2.05. The van der Waals surface area contributed by atoms with E-state index in [1.807, 2.05) is 0 Å². The molecule has 0 saturated heterocycles. The summed E-state index contributed by atoms with van der Waals surface area (Å²) >= 11 is 3.08. The van der Waals surface area contributed by atoms with Crippen LogP contribution in [-0.4, -0.2) is 35.1 Å². The van der Waals surface area contributed by atoms with E-state index < -0.39 is 64.1 Å². The highest BCUT2D eigenvalue weighted by atomic mass is 79.9. The number of nitrogens with two attached hydrogens (primary N) is 1. The number of carbonyl (C=O) groups is 2. The lowest BCUT2D eigenvalue weighted by Gasteiger charge is -2.32. The summed E-state index contributed by atoms with van der Waals surface area (Å²) in [6.45, 7) is 1.22. The van der Waals surface area contributed by atoms with Gasteiger partial charge in [-0.2, -0.15) is 13.2 Å². The van der Waals surface area contributed by atoms with Gasteiger partial charge in [0.05, 0.1) is 5.56 Å². The Hall–Kier alpha value is -3.52. The molecular weight excluding hydrogens is 561 g/mol. The number of carboxylic acid groups (broad SMARTS) is 1. The normalized spacial score (nSPS) is 14.2. The smallest absolute Gasteiger partial charge is 0.416 e. The van der Waals surface area contributed by atoms with Crippen molar-refractivity contribution in [3.05, 3.63) is 69.7 Å². The second-order valence-electron chi connectivity index (χ2n) is 7.44. The minimum Gasteiger partial charge on any atom is -0.484 e. The van der Waals surface area contributed by atoms with Crippen LogP contribution in [0.3, 0.4) is 0 Å². The van der Waals surface area contributed by atoms with Gasteiger partial charge in [0.1, 0.15) is 23.2 Å². The maximum absolute atomic E-state index is 14.7. The van der Waals surface area contributed by atoms with Crippen molar-refractivity contribution in [2.75, 3.05) is 7.05 Å². The van der Waals surface area contributed by atoms with Crippen molar-refractivity contribution in [3.63, 3.8) is 0 Å². The Labute approximate surface area is 208 Å². The number of rotatable bonds is 8. The Morgan fingerprint density at radius 1 is 1.17 bits per heavy atom. The molecule has 0 fully saturated rings. The van der Waals surface area contributed by atoms with E-state index in [1.165, 1.54) is 14.0 Å². The summed E-state index contributed by atoms with van der Waals surface area (Å²) in [6.07, 6.45) is -6.07. The Morgan fingerprint density at radius 3 is 2.28 bits per heavy atom. The number of primary amides is 1. The number of hydrogen-bond acceptors (Lipinski definition) is 6. The first-order valence-electron chi connectivity index (χ1n) is 9.95. The largest absolute Gasteiger partial charge is 0.484 e. The van der Waals surface area contributed by atoms with Crippen molar-refractivity contribution in [3.8, 4) is 17.0 Å². The number of nitrogens with zero attached hydrogens (tertiary/aromatic N) is 1. The van der Waals surface area contributed by atoms with Gasteiger partial charge >= 0.3 is 12.1 Å². The number of halogens is 6. The van der Waals surface area contributed by atoms with Crippen LogP contribution in [0.5, 0.6) is 5.75 Å². The van der Waals surface area contributed by atoms with Gasteiger partial charge in [-0.3, -0.25) is 10.1 Å². The molecule has 0 aliphatic heterocycles. The zero-order valence-electron chi connectivity index (χ0n) is 18.4. The van der Waals surface area contributed by atoms with E-state index in [0.29, 0.717) is 0 Å². The fraction of sp³-hybridized carbons (Fsp3) is 0.227. The summed E-state index contributed by atoms with van der Waals surface area (Å²) in [5.74, 6) is -6.84. The van der Waals surface area contributed by atoms with Crippen molar-refractivity contribution in [1.82, 2.24) is 10.3 Å². The maximum Gasteiger partial charge on any atom is 0.416 e. The quantitative estimate of drug-likeness (QED) is 0.337. The molecule has 36 heavy (non-hydrogen) atoms. The lowest BCUT2D eigenvalue weighted by atomic mass is 9.93. The standard InChI is InChI=1S/C22H17BrF5N3O5/c1-9(35-13-8-7-12(24)14(15(13)25)18(29)32)21(30-2,20(33)34)19-31-16(17(23)36-19)10-3-5-11(6-4-10)22(26,27)28/h3-9,30H,1-2H3,(H2,29,32)(H,33,34). The Bertz CT molecular complexity index is 1310. The fourth-order valence-electron chi connectivity index (χ4n) is 3.45. The SMILES string of the molecule is CNC(C(=O)O)(c1nc(-c2ccc(C(F)(F)F)cc2)c(Br)o1)C(C)Oc1ccc(F)c(C(N)=O)c1F. The molecule has 0 aliphatic carbocycles. The van der Waals surface area contributed by atoms with Gasteiger partial charge in [0.2, 0.25) is 11.4 Å². The third kappa shape index (κ3) is 4.78. The highest BCUT2D eigenvalue weighted by Crippen LogP contribution is 2.37. The summed E-state index contributed by atoms with van der Waals surface area (Å²) in [4.78, 5) is 27.9. The molecule has 4 N–H and O–H groups in total. The molecule has 1 heterocycles. The van der Waals surface area contributed by atoms with Crippen LogP contribution in [0, 0.1) is 11.6 Å². The Kier molecular flexibility index (Phi) is 7.41. The van der Waals surface area contributed by atoms with Gasteiger partial charge in [-0.1, -0.05) is 12.1 Å². The van der Waals surface area contributed by atoms with E-state index in [-0.39, 0.29) is 15.9 Å². The predicted octanol–water partition coefficient (Wildman–Crippen LogP) is 4.47. The summed E-state index contributed by atoms with van der Waals surface area (Å²) in [5.41, 5.74) is 0.898. The van der Waals surface area contributed by atoms with Crippen LogP contribution in [0.1, 0.15) is 28.7 Å². The lowest BCUT2D eigenvalue weighted by molar-refractivity contribution is -0.151. The molecule has 0 bridgehead atoms. The van der Waals surface area contributed by atoms with Crippen LogP contribution in [0.25, 0.3) is 11.3 Å². The van der Waals surface area contributed by atoms with Gasteiger partial charge < -0.3 is 20.0 Å². The van der Waals surface area contributed by atoms with E-state index in [0.717, 1.165) is 36.4 Å². The molecular formula is C22H17BrF5N3O5. The molecule has 8 nitrogen and oxygen atoms in total. The average Bonchev–Trinajstić information content (AvgIpc) is 3.17. The molecule has 2 aromatic carbocycles. The average molecular weight is 578 g/mol. The van der Waals surface area contributed by atoms with Crippen molar-refractivity contribution >= 4 is 27.8 Å². The first-order valence-corrected chi connectivity index (χ1v) is 10.7. The molecule has 3 rings (SSSR count). The molecule has 1 aromatic heterocycles. The molecule has 0 saturated carbocycles. The number of carbonyl (C=O) groups excluding carboxylic acids is 1. The van der Waals surface area contributed by atoms with Crippen molar-refractivity contribution in [1.29, 1.82) is 0 Å². The Morgan fingerprint density at radius 2 is 1.78 bits per heavy atom. The zero-order chi connectivity index (χ0) is 27.0. The topological polar surface area (TPSA) is 128 Å². The molecule has 3 aromatic rings. The van der Waals surface area contributed by atoms with Crippen molar-refractivity contribution in [2.24, 2.45) is 5.73 Å². The van der Waals surface area contributed by atoms with Crippen LogP contribution in [-0.2, 0) is 16.5 Å². The van der Waals surface area contributed by atoms with Crippen molar-refractivity contribution < 1.29 is 45.8 Å². The maximum atomic E-state index is 14.7. The van der Waals surface area contributed by atoms with E-state index in [9.17, 15) is 36.6 Å². The lowest BCUT2D eigenvalue weighted by Crippen LogP contribution is -2.57. The number of carboxylic acids is 1. The van der Waals surface area contributed by atoms with Crippen LogP contribution in [0.4, 0.5) is 22.0 Å². The summed E-state index contributed by atoms with van der Waals surface area (Å²) in [6, 6.07) is 5.44. The number of aliphatic carboxylic acids is 1. The van der Waals surface area contributed by atoms with Gasteiger partial charge in [-0.25, -0.2) is 18.6 Å². The van der Waals surface area contributed by atoms with Gasteiger partial charge in [0.15, 0.2) is 16.2 Å². The molecule has 0 spiro atoms. The summed E-state index contributed by atoms with van der Waals surface area (Å²) in [7, 11) is 1.22. The number of oxazole rings is 1. The molecule has 2 unspecified atom stereocenters. The fourth-order valence-corrected chi connectivity index (χ4v) is 3.92. The second kappa shape index (κ2) is 9.85. The monoisotopic (exact) mass is 577 g/mol. The zero-order valence-corrected chi connectivity index (χ0v) is 20.0. The first kappa shape index (κ1) is 27.1. The molecule has 14 heteroatoms. The van der Waals surface area contributed by atoms with E-state index >= 15 is 0 Å². The number of amides is 1.